The van der Waals surface area contributed by atoms with E-state index in [1.807, 2.05) is 18.2 Å². The van der Waals surface area contributed by atoms with Gasteiger partial charge in [0, 0.05) is 31.1 Å². The Morgan fingerprint density at radius 2 is 1.92 bits per heavy atom. The Hall–Kier alpha value is -2.40. The molecule has 1 aliphatic heterocycles. The van der Waals surface area contributed by atoms with Gasteiger partial charge in [0.1, 0.15) is 5.82 Å². The van der Waals surface area contributed by atoms with Crippen molar-refractivity contribution < 1.29 is 14.0 Å². The number of rotatable bonds is 5. The molecule has 0 unspecified atom stereocenters. The van der Waals surface area contributed by atoms with E-state index in [2.05, 4.69) is 5.32 Å². The van der Waals surface area contributed by atoms with Crippen molar-refractivity contribution >= 4 is 23.4 Å². The minimum absolute atomic E-state index is 0.0538. The maximum absolute atomic E-state index is 12.9. The van der Waals surface area contributed by atoms with Gasteiger partial charge in [0.2, 0.25) is 11.8 Å². The van der Waals surface area contributed by atoms with Gasteiger partial charge in [-0.1, -0.05) is 41.9 Å². The fourth-order valence-electron chi connectivity index (χ4n) is 2.87. The Morgan fingerprint density at radius 3 is 2.64 bits per heavy atom. The van der Waals surface area contributed by atoms with Crippen LogP contribution in [0.4, 0.5) is 4.39 Å². The van der Waals surface area contributed by atoms with Gasteiger partial charge < -0.3 is 10.2 Å². The second-order valence-electron chi connectivity index (χ2n) is 6.11. The highest BCUT2D eigenvalue weighted by Gasteiger charge is 2.34. The van der Waals surface area contributed by atoms with Crippen LogP contribution in [0.2, 0.25) is 5.02 Å². The number of benzene rings is 2. The topological polar surface area (TPSA) is 49.4 Å². The second-order valence-corrected chi connectivity index (χ2v) is 6.52. The summed E-state index contributed by atoms with van der Waals surface area (Å²) in [5.74, 6) is -0.914. The van der Waals surface area contributed by atoms with Gasteiger partial charge in [0.25, 0.3) is 0 Å². The summed E-state index contributed by atoms with van der Waals surface area (Å²) in [4.78, 5) is 26.1. The summed E-state index contributed by atoms with van der Waals surface area (Å²) in [6.07, 6.45) is 0.194. The average Bonchev–Trinajstić information content (AvgIpc) is 2.97. The number of nitrogens with one attached hydrogen (secondary N) is 1. The number of likely N-dealkylation sites (tertiary alicyclic amines) is 1. The first-order chi connectivity index (χ1) is 12.0. The molecular formula is C19H18ClFN2O2. The molecule has 2 aromatic rings. The van der Waals surface area contributed by atoms with Crippen LogP contribution in [0, 0.1) is 11.7 Å². The Balaban J connectivity index is 1.55. The molecule has 0 aliphatic carbocycles. The van der Waals surface area contributed by atoms with Crippen LogP contribution in [0.3, 0.4) is 0 Å². The lowest BCUT2D eigenvalue weighted by Crippen LogP contribution is -2.32. The Bertz CT molecular complexity index is 779. The Labute approximate surface area is 150 Å². The van der Waals surface area contributed by atoms with Gasteiger partial charge in [-0.25, -0.2) is 4.39 Å². The zero-order chi connectivity index (χ0) is 17.8. The lowest BCUT2D eigenvalue weighted by Gasteiger charge is -2.17. The SMILES string of the molecule is O=C(NCc1ccc(F)cc1)[C@@H]1CC(=O)N(Cc2ccccc2Cl)C1. The number of amides is 2. The maximum atomic E-state index is 12.9. The summed E-state index contributed by atoms with van der Waals surface area (Å²) in [5.41, 5.74) is 1.68. The molecule has 1 saturated heterocycles. The zero-order valence-corrected chi connectivity index (χ0v) is 14.3. The molecule has 1 fully saturated rings. The van der Waals surface area contributed by atoms with E-state index in [1.54, 1.807) is 23.1 Å². The van der Waals surface area contributed by atoms with Crippen molar-refractivity contribution in [1.29, 1.82) is 0 Å². The summed E-state index contributed by atoms with van der Waals surface area (Å²) in [6, 6.07) is 13.3. The number of carbonyl (C=O) groups excluding carboxylic acids is 2. The molecule has 2 aromatic carbocycles. The Morgan fingerprint density at radius 1 is 1.20 bits per heavy atom. The van der Waals surface area contributed by atoms with E-state index in [0.717, 1.165) is 11.1 Å². The fraction of sp³-hybridized carbons (Fsp3) is 0.263. The van der Waals surface area contributed by atoms with Gasteiger partial charge in [-0.2, -0.15) is 0 Å². The largest absolute Gasteiger partial charge is 0.352 e. The summed E-state index contributed by atoms with van der Waals surface area (Å²) in [5, 5.41) is 3.42. The molecular weight excluding hydrogens is 343 g/mol. The lowest BCUT2D eigenvalue weighted by molar-refractivity contribution is -0.129. The standard InChI is InChI=1S/C19H18ClFN2O2/c20-17-4-2-1-3-14(17)11-23-12-15(9-18(23)24)19(25)22-10-13-5-7-16(21)8-6-13/h1-8,15H,9-12H2,(H,22,25)/t15-/m1/s1. The summed E-state index contributed by atoms with van der Waals surface area (Å²) in [7, 11) is 0. The van der Waals surface area contributed by atoms with Crippen molar-refractivity contribution in [3.8, 4) is 0 Å². The lowest BCUT2D eigenvalue weighted by atomic mass is 10.1. The number of halogens is 2. The molecule has 3 rings (SSSR count). The van der Waals surface area contributed by atoms with E-state index in [4.69, 9.17) is 11.6 Å². The second kappa shape index (κ2) is 7.66. The highest BCUT2D eigenvalue weighted by atomic mass is 35.5. The molecule has 4 nitrogen and oxygen atoms in total. The van der Waals surface area contributed by atoms with Crippen molar-refractivity contribution in [3.05, 3.63) is 70.5 Å². The molecule has 1 N–H and O–H groups in total. The number of hydrogen-bond donors (Lipinski definition) is 1. The van der Waals surface area contributed by atoms with Crippen molar-refractivity contribution in [1.82, 2.24) is 10.2 Å². The average molecular weight is 361 g/mol. The molecule has 6 heteroatoms. The van der Waals surface area contributed by atoms with Crippen LogP contribution >= 0.6 is 11.6 Å². The van der Waals surface area contributed by atoms with Gasteiger partial charge in [0.05, 0.1) is 5.92 Å². The van der Waals surface area contributed by atoms with Crippen LogP contribution in [0.25, 0.3) is 0 Å². The molecule has 0 spiro atoms. The molecule has 0 radical (unpaired) electrons. The van der Waals surface area contributed by atoms with Gasteiger partial charge in [-0.05, 0) is 29.3 Å². The molecule has 0 saturated carbocycles. The predicted octanol–water partition coefficient (Wildman–Crippen LogP) is 3.14. The quantitative estimate of drug-likeness (QED) is 0.890. The van der Waals surface area contributed by atoms with Gasteiger partial charge in [-0.15, -0.1) is 0 Å². The van der Waals surface area contributed by atoms with Crippen LogP contribution < -0.4 is 5.32 Å². The minimum Gasteiger partial charge on any atom is -0.352 e. The van der Waals surface area contributed by atoms with Crippen LogP contribution in [0.5, 0.6) is 0 Å². The van der Waals surface area contributed by atoms with Crippen LogP contribution in [-0.4, -0.2) is 23.3 Å². The normalized spacial score (nSPS) is 17.0. The molecule has 1 atom stereocenters. The van der Waals surface area contributed by atoms with Crippen LogP contribution in [-0.2, 0) is 22.7 Å². The first-order valence-corrected chi connectivity index (χ1v) is 8.44. The number of carbonyl (C=O) groups is 2. The van der Waals surface area contributed by atoms with E-state index >= 15 is 0 Å². The van der Waals surface area contributed by atoms with Crippen molar-refractivity contribution in [2.24, 2.45) is 5.92 Å². The third-order valence-electron chi connectivity index (χ3n) is 4.28. The highest BCUT2D eigenvalue weighted by Crippen LogP contribution is 2.23. The monoisotopic (exact) mass is 360 g/mol. The van der Waals surface area contributed by atoms with Gasteiger partial charge in [0.15, 0.2) is 0 Å². The predicted molar refractivity (Wildman–Crippen MR) is 93.2 cm³/mol. The number of nitrogens with zero attached hydrogens (tertiary/aromatic N) is 1. The van der Waals surface area contributed by atoms with Gasteiger partial charge in [-0.3, -0.25) is 9.59 Å². The minimum atomic E-state index is -0.379. The third-order valence-corrected chi connectivity index (χ3v) is 4.65. The third kappa shape index (κ3) is 4.37. The van der Waals surface area contributed by atoms with E-state index in [1.165, 1.54) is 12.1 Å². The van der Waals surface area contributed by atoms with E-state index in [-0.39, 0.29) is 30.0 Å². The summed E-state index contributed by atoms with van der Waals surface area (Å²) in [6.45, 7) is 1.09. The molecule has 0 aromatic heterocycles. The zero-order valence-electron chi connectivity index (χ0n) is 13.5. The molecule has 25 heavy (non-hydrogen) atoms. The van der Waals surface area contributed by atoms with Crippen molar-refractivity contribution in [3.63, 3.8) is 0 Å². The highest BCUT2D eigenvalue weighted by molar-refractivity contribution is 6.31. The maximum Gasteiger partial charge on any atom is 0.225 e. The van der Waals surface area contributed by atoms with Crippen LogP contribution in [0.1, 0.15) is 17.5 Å². The van der Waals surface area contributed by atoms with Crippen molar-refractivity contribution in [2.45, 2.75) is 19.5 Å². The van der Waals surface area contributed by atoms with E-state index in [0.29, 0.717) is 24.7 Å². The van der Waals surface area contributed by atoms with E-state index < -0.39 is 0 Å². The van der Waals surface area contributed by atoms with E-state index in [9.17, 15) is 14.0 Å². The Kier molecular flexibility index (Phi) is 5.34. The molecule has 1 heterocycles. The fourth-order valence-corrected chi connectivity index (χ4v) is 3.06. The molecule has 0 bridgehead atoms. The first kappa shape index (κ1) is 17.4. The molecule has 130 valence electrons. The van der Waals surface area contributed by atoms with Crippen LogP contribution in [0.15, 0.2) is 48.5 Å². The summed E-state index contributed by atoms with van der Waals surface area (Å²) < 4.78 is 12.9. The number of hydrogen-bond acceptors (Lipinski definition) is 2. The smallest absolute Gasteiger partial charge is 0.225 e. The molecule has 2 amide bonds. The first-order valence-electron chi connectivity index (χ1n) is 8.06. The molecule has 1 aliphatic rings. The van der Waals surface area contributed by atoms with Crippen molar-refractivity contribution in [2.75, 3.05) is 6.54 Å². The summed E-state index contributed by atoms with van der Waals surface area (Å²) >= 11 is 6.13. The van der Waals surface area contributed by atoms with Gasteiger partial charge >= 0.3 is 0 Å².